The van der Waals surface area contributed by atoms with E-state index in [1.807, 2.05) is 6.92 Å². The summed E-state index contributed by atoms with van der Waals surface area (Å²) in [6, 6.07) is 2.07. The van der Waals surface area contributed by atoms with Crippen molar-refractivity contribution in [3.8, 4) is 6.07 Å². The number of hydrogen-bond donors (Lipinski definition) is 1. The molecule has 1 saturated carbocycles. The highest BCUT2D eigenvalue weighted by molar-refractivity contribution is 5.82. The molecule has 3 rings (SSSR count). The molecule has 8 heteroatoms. The fourth-order valence-electron chi connectivity index (χ4n) is 3.67. The van der Waals surface area contributed by atoms with Crippen molar-refractivity contribution in [3.63, 3.8) is 0 Å². The second-order valence-electron chi connectivity index (χ2n) is 7.03. The summed E-state index contributed by atoms with van der Waals surface area (Å²) in [6.45, 7) is 4.48. The molecule has 2 atom stereocenters. The van der Waals surface area contributed by atoms with E-state index in [-0.39, 0.29) is 18.1 Å². The minimum Gasteiger partial charge on any atom is -0.374 e. The Morgan fingerprint density at radius 3 is 2.96 bits per heavy atom. The highest BCUT2D eigenvalue weighted by Crippen LogP contribution is 2.27. The van der Waals surface area contributed by atoms with Crippen LogP contribution in [0.2, 0.25) is 0 Å². The Balaban J connectivity index is 1.56. The monoisotopic (exact) mass is 346 g/mol. The first-order chi connectivity index (χ1) is 12.1. The number of nitriles is 1. The van der Waals surface area contributed by atoms with Gasteiger partial charge < -0.3 is 10.1 Å². The fourth-order valence-corrected chi connectivity index (χ4v) is 3.67. The van der Waals surface area contributed by atoms with Gasteiger partial charge in [0.05, 0.1) is 31.4 Å². The minimum atomic E-state index is -0.685. The van der Waals surface area contributed by atoms with Crippen LogP contribution in [0.3, 0.4) is 0 Å². The maximum absolute atomic E-state index is 12.7. The molecular formula is C17H26N6O2. The van der Waals surface area contributed by atoms with E-state index in [0.29, 0.717) is 26.2 Å². The largest absolute Gasteiger partial charge is 0.374 e. The standard InChI is InChI=1S/C17H26N6O2/c1-14(16(24)21-17(11-18)5-3-2-4-6-17)22-7-8-25-15(9-22)10-23-13-19-12-20-23/h12-15H,2-10H2,1H3,(H,21,24)/t14-,15+/m1/s1. The Morgan fingerprint density at radius 2 is 2.28 bits per heavy atom. The number of carbonyl (C=O) groups is 1. The number of nitrogens with one attached hydrogen (secondary N) is 1. The molecule has 1 saturated heterocycles. The number of aromatic nitrogens is 3. The first-order valence-corrected chi connectivity index (χ1v) is 9.03. The van der Waals surface area contributed by atoms with Crippen molar-refractivity contribution in [1.82, 2.24) is 25.0 Å². The Kier molecular flexibility index (Phi) is 5.66. The number of nitrogens with zero attached hydrogens (tertiary/aromatic N) is 5. The second kappa shape index (κ2) is 7.93. The van der Waals surface area contributed by atoms with E-state index in [1.165, 1.54) is 6.33 Å². The summed E-state index contributed by atoms with van der Waals surface area (Å²) >= 11 is 0. The van der Waals surface area contributed by atoms with Gasteiger partial charge in [-0.15, -0.1) is 0 Å². The van der Waals surface area contributed by atoms with Crippen molar-refractivity contribution < 1.29 is 9.53 Å². The topological polar surface area (TPSA) is 96.1 Å². The molecule has 1 N–H and O–H groups in total. The Bertz CT molecular complexity index is 605. The molecule has 1 aliphatic carbocycles. The van der Waals surface area contributed by atoms with Crippen molar-refractivity contribution >= 4 is 5.91 Å². The Hall–Kier alpha value is -1.98. The van der Waals surface area contributed by atoms with Gasteiger partial charge in [0.1, 0.15) is 18.2 Å². The van der Waals surface area contributed by atoms with Crippen LogP contribution in [0.15, 0.2) is 12.7 Å². The number of amides is 1. The van der Waals surface area contributed by atoms with Crippen LogP contribution < -0.4 is 5.32 Å². The molecule has 1 aromatic heterocycles. The summed E-state index contributed by atoms with van der Waals surface area (Å²) in [6.07, 6.45) is 7.78. The van der Waals surface area contributed by atoms with Crippen molar-refractivity contribution in [2.75, 3.05) is 19.7 Å². The van der Waals surface area contributed by atoms with Gasteiger partial charge in [0.15, 0.2) is 0 Å². The first kappa shape index (κ1) is 17.8. The molecule has 0 bridgehead atoms. The van der Waals surface area contributed by atoms with E-state index in [2.05, 4.69) is 26.4 Å². The van der Waals surface area contributed by atoms with Crippen molar-refractivity contribution in [2.45, 2.75) is 63.3 Å². The molecule has 25 heavy (non-hydrogen) atoms. The van der Waals surface area contributed by atoms with Crippen LogP contribution in [0, 0.1) is 11.3 Å². The maximum atomic E-state index is 12.7. The highest BCUT2D eigenvalue weighted by atomic mass is 16.5. The van der Waals surface area contributed by atoms with Crippen LogP contribution in [0.25, 0.3) is 0 Å². The smallest absolute Gasteiger partial charge is 0.238 e. The molecule has 136 valence electrons. The fraction of sp³-hybridized carbons (Fsp3) is 0.765. The molecule has 0 radical (unpaired) electrons. The van der Waals surface area contributed by atoms with Gasteiger partial charge in [-0.3, -0.25) is 14.4 Å². The van der Waals surface area contributed by atoms with Gasteiger partial charge in [-0.2, -0.15) is 10.4 Å². The molecule has 2 fully saturated rings. The van der Waals surface area contributed by atoms with E-state index in [4.69, 9.17) is 4.74 Å². The molecule has 1 aromatic rings. The average Bonchev–Trinajstić information content (AvgIpc) is 3.15. The van der Waals surface area contributed by atoms with Crippen LogP contribution >= 0.6 is 0 Å². The van der Waals surface area contributed by atoms with Crippen LogP contribution in [0.1, 0.15) is 39.0 Å². The van der Waals surface area contributed by atoms with E-state index in [1.54, 1.807) is 11.0 Å². The minimum absolute atomic E-state index is 0.0229. The zero-order valence-corrected chi connectivity index (χ0v) is 14.7. The Labute approximate surface area is 148 Å². The summed E-state index contributed by atoms with van der Waals surface area (Å²) in [5.74, 6) is -0.0649. The third kappa shape index (κ3) is 4.35. The number of rotatable bonds is 5. The third-order valence-electron chi connectivity index (χ3n) is 5.24. The third-order valence-corrected chi connectivity index (χ3v) is 5.24. The molecule has 1 aliphatic heterocycles. The van der Waals surface area contributed by atoms with Gasteiger partial charge in [0.2, 0.25) is 5.91 Å². The summed E-state index contributed by atoms with van der Waals surface area (Å²) in [5.41, 5.74) is -0.685. The SMILES string of the molecule is C[C@H](C(=O)NC1(C#N)CCCCC1)N1CCO[C@H](Cn2cncn2)C1. The normalized spacial score (nSPS) is 25.0. The van der Waals surface area contributed by atoms with E-state index < -0.39 is 5.54 Å². The number of hydrogen-bond acceptors (Lipinski definition) is 6. The Morgan fingerprint density at radius 1 is 1.48 bits per heavy atom. The zero-order valence-electron chi connectivity index (χ0n) is 14.7. The zero-order chi connectivity index (χ0) is 17.7. The molecule has 0 spiro atoms. The lowest BCUT2D eigenvalue weighted by Crippen LogP contribution is -2.57. The van der Waals surface area contributed by atoms with E-state index in [9.17, 15) is 10.1 Å². The summed E-state index contributed by atoms with van der Waals surface area (Å²) in [7, 11) is 0. The van der Waals surface area contributed by atoms with Gasteiger partial charge in [-0.1, -0.05) is 19.3 Å². The van der Waals surface area contributed by atoms with Crippen LogP contribution in [0.5, 0.6) is 0 Å². The van der Waals surface area contributed by atoms with Gasteiger partial charge >= 0.3 is 0 Å². The van der Waals surface area contributed by atoms with Crippen molar-refractivity contribution in [2.24, 2.45) is 0 Å². The van der Waals surface area contributed by atoms with E-state index in [0.717, 1.165) is 32.1 Å². The first-order valence-electron chi connectivity index (χ1n) is 9.03. The molecular weight excluding hydrogens is 320 g/mol. The summed E-state index contributed by atoms with van der Waals surface area (Å²) in [5, 5.41) is 16.7. The molecule has 0 unspecified atom stereocenters. The quantitative estimate of drug-likeness (QED) is 0.843. The molecule has 2 aliphatic rings. The second-order valence-corrected chi connectivity index (χ2v) is 7.03. The molecule has 1 amide bonds. The van der Waals surface area contributed by atoms with Crippen LogP contribution in [-0.2, 0) is 16.1 Å². The lowest BCUT2D eigenvalue weighted by Gasteiger charge is -2.38. The lowest BCUT2D eigenvalue weighted by molar-refractivity contribution is -0.131. The predicted molar refractivity (Wildman–Crippen MR) is 90.4 cm³/mol. The number of ether oxygens (including phenoxy) is 1. The van der Waals surface area contributed by atoms with Crippen LogP contribution in [0.4, 0.5) is 0 Å². The lowest BCUT2D eigenvalue weighted by atomic mass is 9.82. The van der Waals surface area contributed by atoms with Crippen molar-refractivity contribution in [3.05, 3.63) is 12.7 Å². The summed E-state index contributed by atoms with van der Waals surface area (Å²) < 4.78 is 7.53. The summed E-state index contributed by atoms with van der Waals surface area (Å²) in [4.78, 5) is 18.8. The average molecular weight is 346 g/mol. The van der Waals surface area contributed by atoms with Gasteiger partial charge in [-0.25, -0.2) is 4.98 Å². The van der Waals surface area contributed by atoms with E-state index >= 15 is 0 Å². The number of carbonyl (C=O) groups excluding carboxylic acids is 1. The molecule has 8 nitrogen and oxygen atoms in total. The van der Waals surface area contributed by atoms with Gasteiger partial charge in [-0.05, 0) is 19.8 Å². The van der Waals surface area contributed by atoms with Gasteiger partial charge in [0.25, 0.3) is 0 Å². The van der Waals surface area contributed by atoms with Gasteiger partial charge in [0, 0.05) is 13.1 Å². The predicted octanol–water partition coefficient (Wildman–Crippen LogP) is 0.710. The molecule has 0 aromatic carbocycles. The highest BCUT2D eigenvalue weighted by Gasteiger charge is 2.36. The number of morpholine rings is 1. The van der Waals surface area contributed by atoms with Crippen LogP contribution in [-0.4, -0.2) is 63.0 Å². The van der Waals surface area contributed by atoms with Crippen molar-refractivity contribution in [1.29, 1.82) is 5.26 Å². The molecule has 2 heterocycles. The maximum Gasteiger partial charge on any atom is 0.238 e.